The SMILES string of the molecule is Cc1ccc(Nc2cc(-c3cccnc3)nc(NCC(=O)O)n2)cc1. The van der Waals surface area contributed by atoms with E-state index in [1.54, 1.807) is 18.5 Å². The maximum Gasteiger partial charge on any atom is 0.322 e. The van der Waals surface area contributed by atoms with Crippen LogP contribution in [-0.4, -0.2) is 32.6 Å². The number of nitrogens with one attached hydrogen (secondary N) is 2. The molecule has 7 nitrogen and oxygen atoms in total. The first-order chi connectivity index (χ1) is 12.1. The zero-order valence-corrected chi connectivity index (χ0v) is 13.6. The summed E-state index contributed by atoms with van der Waals surface area (Å²) >= 11 is 0. The Kier molecular flexibility index (Phi) is 4.84. The number of pyridine rings is 1. The maximum absolute atomic E-state index is 10.8. The van der Waals surface area contributed by atoms with Crippen LogP contribution in [0.2, 0.25) is 0 Å². The van der Waals surface area contributed by atoms with Gasteiger partial charge in [0.25, 0.3) is 0 Å². The van der Waals surface area contributed by atoms with E-state index in [-0.39, 0.29) is 12.5 Å². The zero-order chi connectivity index (χ0) is 17.6. The number of rotatable bonds is 6. The Balaban J connectivity index is 1.93. The predicted molar refractivity (Wildman–Crippen MR) is 95.9 cm³/mol. The average molecular weight is 335 g/mol. The van der Waals surface area contributed by atoms with Crippen molar-refractivity contribution in [3.05, 3.63) is 60.4 Å². The van der Waals surface area contributed by atoms with Gasteiger partial charge in [0, 0.05) is 29.7 Å². The molecular weight excluding hydrogens is 318 g/mol. The average Bonchev–Trinajstić information content (AvgIpc) is 2.62. The van der Waals surface area contributed by atoms with Gasteiger partial charge in [-0.15, -0.1) is 0 Å². The van der Waals surface area contributed by atoms with E-state index < -0.39 is 5.97 Å². The van der Waals surface area contributed by atoms with Crippen LogP contribution < -0.4 is 10.6 Å². The summed E-state index contributed by atoms with van der Waals surface area (Å²) in [4.78, 5) is 23.6. The second kappa shape index (κ2) is 7.39. The molecule has 0 aliphatic carbocycles. The molecule has 0 atom stereocenters. The highest BCUT2D eigenvalue weighted by Gasteiger charge is 2.08. The Morgan fingerprint density at radius 1 is 1.16 bits per heavy atom. The van der Waals surface area contributed by atoms with E-state index in [1.165, 1.54) is 0 Å². The van der Waals surface area contributed by atoms with Crippen molar-refractivity contribution in [2.75, 3.05) is 17.2 Å². The summed E-state index contributed by atoms with van der Waals surface area (Å²) in [7, 11) is 0. The molecule has 2 aromatic heterocycles. The number of hydrogen-bond donors (Lipinski definition) is 3. The standard InChI is InChI=1S/C18H17N5O2/c1-12-4-6-14(7-5-12)21-16-9-15(13-3-2-8-19-10-13)22-18(23-16)20-11-17(24)25/h2-10H,11H2,1H3,(H,24,25)(H2,20,21,22,23). The van der Waals surface area contributed by atoms with Gasteiger partial charge in [0.2, 0.25) is 5.95 Å². The van der Waals surface area contributed by atoms with Crippen LogP contribution in [0.15, 0.2) is 54.9 Å². The van der Waals surface area contributed by atoms with Crippen LogP contribution in [0, 0.1) is 6.92 Å². The molecule has 0 saturated carbocycles. The topological polar surface area (TPSA) is 100 Å². The summed E-state index contributed by atoms with van der Waals surface area (Å²) in [6.45, 7) is 1.75. The molecule has 0 spiro atoms. The second-order valence-corrected chi connectivity index (χ2v) is 5.44. The van der Waals surface area contributed by atoms with Crippen molar-refractivity contribution in [3.8, 4) is 11.3 Å². The Labute approximate surface area is 144 Å². The van der Waals surface area contributed by atoms with Gasteiger partial charge in [-0.2, -0.15) is 4.98 Å². The van der Waals surface area contributed by atoms with Gasteiger partial charge < -0.3 is 15.7 Å². The number of nitrogens with zero attached hydrogens (tertiary/aromatic N) is 3. The number of hydrogen-bond acceptors (Lipinski definition) is 6. The largest absolute Gasteiger partial charge is 0.480 e. The number of aliphatic carboxylic acids is 1. The molecule has 126 valence electrons. The molecule has 1 aromatic carbocycles. The monoisotopic (exact) mass is 335 g/mol. The first-order valence-electron chi connectivity index (χ1n) is 7.69. The van der Waals surface area contributed by atoms with Crippen molar-refractivity contribution in [1.82, 2.24) is 15.0 Å². The van der Waals surface area contributed by atoms with Gasteiger partial charge in [-0.05, 0) is 31.2 Å². The number of anilines is 3. The molecule has 0 amide bonds. The van der Waals surface area contributed by atoms with E-state index in [9.17, 15) is 4.79 Å². The molecule has 2 heterocycles. The number of aromatic nitrogens is 3. The van der Waals surface area contributed by atoms with E-state index in [0.29, 0.717) is 11.5 Å². The lowest BCUT2D eigenvalue weighted by Gasteiger charge is -2.11. The fraction of sp³-hybridized carbons (Fsp3) is 0.111. The summed E-state index contributed by atoms with van der Waals surface area (Å²) in [5.74, 6) is -0.188. The molecular formula is C18H17N5O2. The Hall–Kier alpha value is -3.48. The van der Waals surface area contributed by atoms with Crippen LogP contribution >= 0.6 is 0 Å². The second-order valence-electron chi connectivity index (χ2n) is 5.44. The molecule has 3 N–H and O–H groups in total. The van der Waals surface area contributed by atoms with Crippen molar-refractivity contribution in [2.45, 2.75) is 6.92 Å². The van der Waals surface area contributed by atoms with Crippen molar-refractivity contribution in [3.63, 3.8) is 0 Å². The summed E-state index contributed by atoms with van der Waals surface area (Å²) < 4.78 is 0. The number of carboxylic acids is 1. The van der Waals surface area contributed by atoms with Crippen LogP contribution in [0.3, 0.4) is 0 Å². The predicted octanol–water partition coefficient (Wildman–Crippen LogP) is 3.09. The fourth-order valence-electron chi connectivity index (χ4n) is 2.19. The highest BCUT2D eigenvalue weighted by Crippen LogP contribution is 2.23. The van der Waals surface area contributed by atoms with Crippen molar-refractivity contribution >= 4 is 23.4 Å². The number of benzene rings is 1. The van der Waals surface area contributed by atoms with E-state index in [2.05, 4.69) is 25.6 Å². The molecule has 0 bridgehead atoms. The van der Waals surface area contributed by atoms with Crippen molar-refractivity contribution < 1.29 is 9.90 Å². The van der Waals surface area contributed by atoms with Gasteiger partial charge in [0.15, 0.2) is 0 Å². The Morgan fingerprint density at radius 3 is 2.64 bits per heavy atom. The van der Waals surface area contributed by atoms with E-state index >= 15 is 0 Å². The van der Waals surface area contributed by atoms with Gasteiger partial charge in [0.1, 0.15) is 12.4 Å². The van der Waals surface area contributed by atoms with Gasteiger partial charge in [-0.3, -0.25) is 9.78 Å². The van der Waals surface area contributed by atoms with Crippen LogP contribution in [0.1, 0.15) is 5.56 Å². The van der Waals surface area contributed by atoms with Crippen LogP contribution in [0.4, 0.5) is 17.5 Å². The molecule has 25 heavy (non-hydrogen) atoms. The molecule has 7 heteroatoms. The quantitative estimate of drug-likeness (QED) is 0.636. The number of carbonyl (C=O) groups is 1. The third-order valence-electron chi connectivity index (χ3n) is 3.41. The number of carboxylic acid groups (broad SMARTS) is 1. The summed E-state index contributed by atoms with van der Waals surface area (Å²) in [5, 5.41) is 14.8. The molecule has 0 fully saturated rings. The molecule has 0 unspecified atom stereocenters. The van der Waals surface area contributed by atoms with Crippen LogP contribution in [-0.2, 0) is 4.79 Å². The van der Waals surface area contributed by atoms with Gasteiger partial charge in [-0.25, -0.2) is 4.98 Å². The normalized spacial score (nSPS) is 10.3. The highest BCUT2D eigenvalue weighted by molar-refractivity contribution is 5.73. The molecule has 0 radical (unpaired) electrons. The van der Waals surface area contributed by atoms with Crippen molar-refractivity contribution in [1.29, 1.82) is 0 Å². The third kappa shape index (κ3) is 4.51. The molecule has 0 aliphatic rings. The molecule has 3 aromatic rings. The summed E-state index contributed by atoms with van der Waals surface area (Å²) in [5.41, 5.74) is 3.50. The number of aryl methyl sites for hydroxylation is 1. The highest BCUT2D eigenvalue weighted by atomic mass is 16.4. The van der Waals surface area contributed by atoms with Gasteiger partial charge in [-0.1, -0.05) is 17.7 Å². The Bertz CT molecular complexity index is 866. The van der Waals surface area contributed by atoms with E-state index in [4.69, 9.17) is 5.11 Å². The lowest BCUT2D eigenvalue weighted by Crippen LogP contribution is -2.15. The first kappa shape index (κ1) is 16.4. The summed E-state index contributed by atoms with van der Waals surface area (Å²) in [6.07, 6.45) is 3.37. The minimum Gasteiger partial charge on any atom is -0.480 e. The minimum atomic E-state index is -0.983. The fourth-order valence-corrected chi connectivity index (χ4v) is 2.19. The minimum absolute atomic E-state index is 0.235. The first-order valence-corrected chi connectivity index (χ1v) is 7.69. The van der Waals surface area contributed by atoms with Gasteiger partial charge in [0.05, 0.1) is 5.69 Å². The van der Waals surface area contributed by atoms with Crippen molar-refractivity contribution in [2.24, 2.45) is 0 Å². The van der Waals surface area contributed by atoms with Crippen LogP contribution in [0.5, 0.6) is 0 Å². The lowest BCUT2D eigenvalue weighted by molar-refractivity contribution is -0.134. The van der Waals surface area contributed by atoms with E-state index in [0.717, 1.165) is 16.8 Å². The zero-order valence-electron chi connectivity index (χ0n) is 13.6. The molecule has 0 aliphatic heterocycles. The third-order valence-corrected chi connectivity index (χ3v) is 3.41. The van der Waals surface area contributed by atoms with E-state index in [1.807, 2.05) is 43.3 Å². The summed E-state index contributed by atoms with van der Waals surface area (Å²) in [6, 6.07) is 13.4. The smallest absolute Gasteiger partial charge is 0.322 e. The Morgan fingerprint density at radius 2 is 1.96 bits per heavy atom. The molecule has 3 rings (SSSR count). The lowest BCUT2D eigenvalue weighted by atomic mass is 10.2. The maximum atomic E-state index is 10.8. The van der Waals surface area contributed by atoms with Crippen LogP contribution in [0.25, 0.3) is 11.3 Å². The molecule has 0 saturated heterocycles. The van der Waals surface area contributed by atoms with Gasteiger partial charge >= 0.3 is 5.97 Å².